The van der Waals surface area contributed by atoms with Crippen LogP contribution in [0.2, 0.25) is 0 Å². The van der Waals surface area contributed by atoms with E-state index in [1.807, 2.05) is 0 Å². The molecule has 23 heavy (non-hydrogen) atoms. The molecule has 2 fully saturated rings. The molecule has 0 saturated heterocycles. The molecule has 0 radical (unpaired) electrons. The molecule has 1 aromatic rings. The lowest BCUT2D eigenvalue weighted by atomic mass is 9.87. The van der Waals surface area contributed by atoms with Crippen molar-refractivity contribution >= 4 is 6.08 Å². The van der Waals surface area contributed by atoms with E-state index in [9.17, 15) is 0 Å². The van der Waals surface area contributed by atoms with E-state index in [2.05, 4.69) is 37.5 Å². The van der Waals surface area contributed by atoms with Crippen molar-refractivity contribution in [3.63, 3.8) is 0 Å². The Kier molecular flexibility index (Phi) is 5.61. The number of nitrogens with zero attached hydrogens (tertiary/aromatic N) is 2. The Labute approximate surface area is 142 Å². The van der Waals surface area contributed by atoms with E-state index < -0.39 is 0 Å². The summed E-state index contributed by atoms with van der Waals surface area (Å²) in [6.45, 7) is 6.74. The van der Waals surface area contributed by atoms with Gasteiger partial charge in [-0.1, -0.05) is 58.4 Å². The van der Waals surface area contributed by atoms with Crippen LogP contribution in [0.3, 0.4) is 0 Å². The standard InChI is InChI=1S/C21H34N2/c1-4-11-19-20(16(2)3)22-21(17-12-7-5-8-13-17)23(19)18-14-9-6-10-15-18/h4,11,16-18H,5-10,12-15H2,1-3H3/b11-4+. The Morgan fingerprint density at radius 3 is 2.13 bits per heavy atom. The zero-order valence-corrected chi connectivity index (χ0v) is 15.4. The van der Waals surface area contributed by atoms with Crippen LogP contribution < -0.4 is 0 Å². The minimum atomic E-state index is 0.508. The maximum atomic E-state index is 5.24. The first-order chi connectivity index (χ1) is 11.2. The zero-order valence-electron chi connectivity index (χ0n) is 15.4. The van der Waals surface area contributed by atoms with E-state index in [4.69, 9.17) is 4.98 Å². The monoisotopic (exact) mass is 314 g/mol. The third-order valence-electron chi connectivity index (χ3n) is 5.79. The lowest BCUT2D eigenvalue weighted by Gasteiger charge is -2.30. The summed E-state index contributed by atoms with van der Waals surface area (Å²) >= 11 is 0. The summed E-state index contributed by atoms with van der Waals surface area (Å²) in [5, 5.41) is 0. The Morgan fingerprint density at radius 1 is 0.957 bits per heavy atom. The molecule has 2 nitrogen and oxygen atoms in total. The molecule has 0 aromatic carbocycles. The largest absolute Gasteiger partial charge is 0.325 e. The molecule has 0 amide bonds. The van der Waals surface area contributed by atoms with Crippen LogP contribution in [-0.4, -0.2) is 9.55 Å². The van der Waals surface area contributed by atoms with Gasteiger partial charge in [0.25, 0.3) is 0 Å². The van der Waals surface area contributed by atoms with Crippen molar-refractivity contribution in [3.8, 4) is 0 Å². The maximum absolute atomic E-state index is 5.24. The number of aromatic nitrogens is 2. The van der Waals surface area contributed by atoms with Gasteiger partial charge in [0, 0.05) is 12.0 Å². The van der Waals surface area contributed by atoms with E-state index in [1.165, 1.54) is 81.4 Å². The third-order valence-corrected chi connectivity index (χ3v) is 5.79. The van der Waals surface area contributed by atoms with Gasteiger partial charge in [-0.2, -0.15) is 0 Å². The molecule has 2 aliphatic carbocycles. The summed E-state index contributed by atoms with van der Waals surface area (Å²) in [5.74, 6) is 2.63. The lowest BCUT2D eigenvalue weighted by Crippen LogP contribution is -2.20. The van der Waals surface area contributed by atoms with Crippen molar-refractivity contribution in [1.82, 2.24) is 9.55 Å². The minimum Gasteiger partial charge on any atom is -0.325 e. The van der Waals surface area contributed by atoms with Crippen LogP contribution in [-0.2, 0) is 0 Å². The molecule has 1 aromatic heterocycles. The first-order valence-corrected chi connectivity index (χ1v) is 9.97. The zero-order chi connectivity index (χ0) is 16.2. The van der Waals surface area contributed by atoms with Gasteiger partial charge < -0.3 is 4.57 Å². The van der Waals surface area contributed by atoms with Gasteiger partial charge in [-0.15, -0.1) is 0 Å². The highest BCUT2D eigenvalue weighted by atomic mass is 15.1. The van der Waals surface area contributed by atoms with E-state index in [0.29, 0.717) is 17.9 Å². The summed E-state index contributed by atoms with van der Waals surface area (Å²) in [6.07, 6.45) is 18.3. The highest BCUT2D eigenvalue weighted by molar-refractivity contribution is 5.50. The molecule has 3 rings (SSSR count). The molecule has 0 N–H and O–H groups in total. The summed E-state index contributed by atoms with van der Waals surface area (Å²) < 4.78 is 2.68. The molecule has 0 spiro atoms. The average Bonchev–Trinajstić information content (AvgIpc) is 2.96. The molecule has 0 unspecified atom stereocenters. The Bertz CT molecular complexity index is 526. The van der Waals surface area contributed by atoms with Crippen LogP contribution in [0.4, 0.5) is 0 Å². The highest BCUT2D eigenvalue weighted by Gasteiger charge is 2.29. The Hall–Kier alpha value is -1.05. The van der Waals surface area contributed by atoms with Crippen LogP contribution in [0.1, 0.15) is 120 Å². The number of rotatable bonds is 4. The molecular weight excluding hydrogens is 280 g/mol. The average molecular weight is 315 g/mol. The van der Waals surface area contributed by atoms with Gasteiger partial charge in [0.2, 0.25) is 0 Å². The first-order valence-electron chi connectivity index (χ1n) is 9.97. The summed E-state index contributed by atoms with van der Waals surface area (Å²) in [4.78, 5) is 5.24. The van der Waals surface area contributed by atoms with Gasteiger partial charge in [-0.05, 0) is 44.6 Å². The summed E-state index contributed by atoms with van der Waals surface area (Å²) in [7, 11) is 0. The normalized spacial score (nSPS) is 21.6. The van der Waals surface area contributed by atoms with Crippen molar-refractivity contribution in [3.05, 3.63) is 23.3 Å². The van der Waals surface area contributed by atoms with Crippen molar-refractivity contribution in [1.29, 1.82) is 0 Å². The van der Waals surface area contributed by atoms with Gasteiger partial charge in [0.1, 0.15) is 5.82 Å². The van der Waals surface area contributed by atoms with Crippen LogP contribution in [0.25, 0.3) is 6.08 Å². The van der Waals surface area contributed by atoms with Crippen molar-refractivity contribution in [2.45, 2.75) is 103 Å². The fraction of sp³-hybridized carbons (Fsp3) is 0.762. The molecule has 128 valence electrons. The lowest BCUT2D eigenvalue weighted by molar-refractivity contribution is 0.326. The fourth-order valence-corrected chi connectivity index (χ4v) is 4.60. The quantitative estimate of drug-likeness (QED) is 0.612. The van der Waals surface area contributed by atoms with Crippen LogP contribution in [0, 0.1) is 0 Å². The molecule has 0 atom stereocenters. The highest BCUT2D eigenvalue weighted by Crippen LogP contribution is 2.39. The van der Waals surface area contributed by atoms with Gasteiger partial charge in [-0.25, -0.2) is 4.98 Å². The molecule has 2 heteroatoms. The van der Waals surface area contributed by atoms with Gasteiger partial charge in [-0.3, -0.25) is 0 Å². The second-order valence-electron chi connectivity index (χ2n) is 7.89. The van der Waals surface area contributed by atoms with E-state index in [0.717, 1.165) is 0 Å². The number of hydrogen-bond donors (Lipinski definition) is 0. The first kappa shape index (κ1) is 16.8. The van der Waals surface area contributed by atoms with E-state index in [-0.39, 0.29) is 0 Å². The third kappa shape index (κ3) is 3.56. The van der Waals surface area contributed by atoms with Crippen molar-refractivity contribution < 1.29 is 0 Å². The van der Waals surface area contributed by atoms with Crippen LogP contribution >= 0.6 is 0 Å². The SMILES string of the molecule is C/C=C/c1c(C(C)C)nc(C2CCCCC2)n1C1CCCCC1. The van der Waals surface area contributed by atoms with Crippen LogP contribution in [0.15, 0.2) is 6.08 Å². The number of hydrogen-bond acceptors (Lipinski definition) is 1. The van der Waals surface area contributed by atoms with Crippen molar-refractivity contribution in [2.24, 2.45) is 0 Å². The molecule has 2 aliphatic rings. The van der Waals surface area contributed by atoms with Crippen molar-refractivity contribution in [2.75, 3.05) is 0 Å². The topological polar surface area (TPSA) is 17.8 Å². The minimum absolute atomic E-state index is 0.508. The summed E-state index contributed by atoms with van der Waals surface area (Å²) in [5.41, 5.74) is 2.74. The molecule has 0 bridgehead atoms. The van der Waals surface area contributed by atoms with Gasteiger partial charge >= 0.3 is 0 Å². The predicted molar refractivity (Wildman–Crippen MR) is 99.0 cm³/mol. The summed E-state index contributed by atoms with van der Waals surface area (Å²) in [6, 6.07) is 0.687. The van der Waals surface area contributed by atoms with Crippen LogP contribution in [0.5, 0.6) is 0 Å². The number of allylic oxidation sites excluding steroid dienone is 1. The molecule has 2 saturated carbocycles. The fourth-order valence-electron chi connectivity index (χ4n) is 4.60. The Morgan fingerprint density at radius 2 is 1.57 bits per heavy atom. The van der Waals surface area contributed by atoms with E-state index in [1.54, 1.807) is 0 Å². The smallest absolute Gasteiger partial charge is 0.112 e. The predicted octanol–water partition coefficient (Wildman–Crippen LogP) is 6.59. The van der Waals surface area contributed by atoms with Gasteiger partial charge in [0.05, 0.1) is 11.4 Å². The Balaban J connectivity index is 2.06. The molecular formula is C21H34N2. The van der Waals surface area contributed by atoms with Gasteiger partial charge in [0.15, 0.2) is 0 Å². The second-order valence-corrected chi connectivity index (χ2v) is 7.89. The second kappa shape index (κ2) is 7.68. The van der Waals surface area contributed by atoms with E-state index >= 15 is 0 Å². The maximum Gasteiger partial charge on any atom is 0.112 e. The number of imidazole rings is 1. The molecule has 1 heterocycles. The molecule has 0 aliphatic heterocycles.